The lowest BCUT2D eigenvalue weighted by Crippen LogP contribution is -2.51. The Morgan fingerprint density at radius 2 is 1.50 bits per heavy atom. The first-order valence-electron chi connectivity index (χ1n) is 13.5. The van der Waals surface area contributed by atoms with Crippen molar-refractivity contribution in [3.63, 3.8) is 0 Å². The predicted octanol–water partition coefficient (Wildman–Crippen LogP) is 6.20. The summed E-state index contributed by atoms with van der Waals surface area (Å²) in [5, 5.41) is 11.1. The van der Waals surface area contributed by atoms with Gasteiger partial charge in [0.25, 0.3) is 5.91 Å². The van der Waals surface area contributed by atoms with E-state index in [1.807, 2.05) is 27.7 Å². The summed E-state index contributed by atoms with van der Waals surface area (Å²) in [6.07, 6.45) is 0. The summed E-state index contributed by atoms with van der Waals surface area (Å²) in [4.78, 5) is 28.3. The predicted molar refractivity (Wildman–Crippen MR) is 159 cm³/mol. The Morgan fingerprint density at radius 3 is 2.00 bits per heavy atom. The second-order valence-corrected chi connectivity index (χ2v) is 12.5. The molecule has 2 aliphatic heterocycles. The lowest BCUT2D eigenvalue weighted by atomic mass is 9.77. The minimum Gasteiger partial charge on any atom is -0.481 e. The summed E-state index contributed by atoms with van der Waals surface area (Å²) in [7, 11) is 0.421. The molecule has 0 radical (unpaired) electrons. The zero-order chi connectivity index (χ0) is 30.8. The molecule has 3 aromatic carbocycles. The van der Waals surface area contributed by atoms with Crippen molar-refractivity contribution in [1.82, 2.24) is 4.90 Å². The number of benzene rings is 3. The number of rotatable bonds is 7. The molecule has 3 aromatic rings. The Morgan fingerprint density at radius 1 is 0.976 bits per heavy atom. The van der Waals surface area contributed by atoms with Gasteiger partial charge in [0.15, 0.2) is 5.72 Å². The lowest BCUT2D eigenvalue weighted by Gasteiger charge is -2.44. The number of halogens is 3. The molecule has 11 heteroatoms. The highest BCUT2D eigenvalue weighted by Crippen LogP contribution is 2.52. The monoisotopic (exact) mass is 613 g/mol. The number of carboxylic acids is 1. The van der Waals surface area contributed by atoms with Crippen molar-refractivity contribution in [1.29, 1.82) is 0 Å². The molecule has 0 saturated carbocycles. The van der Waals surface area contributed by atoms with E-state index >= 15 is 4.39 Å². The van der Waals surface area contributed by atoms with E-state index in [2.05, 4.69) is 0 Å². The van der Waals surface area contributed by atoms with Gasteiger partial charge in [0.2, 0.25) is 0 Å². The van der Waals surface area contributed by atoms with Crippen molar-refractivity contribution in [3.8, 4) is 0 Å². The third-order valence-corrected chi connectivity index (χ3v) is 9.15. The van der Waals surface area contributed by atoms with Crippen molar-refractivity contribution in [2.45, 2.75) is 57.6 Å². The molecular formula is C31H31BCl2FNO6. The summed E-state index contributed by atoms with van der Waals surface area (Å²) >= 11 is 12.3. The first-order chi connectivity index (χ1) is 19.6. The fraction of sp³-hybridized carbons (Fsp3) is 0.355. The van der Waals surface area contributed by atoms with E-state index < -0.39 is 53.7 Å². The van der Waals surface area contributed by atoms with E-state index in [1.54, 1.807) is 48.5 Å². The number of aliphatic carboxylic acids is 1. The molecule has 1 fully saturated rings. The molecule has 1 saturated heterocycles. The van der Waals surface area contributed by atoms with Gasteiger partial charge in [-0.15, -0.1) is 0 Å². The fourth-order valence-corrected chi connectivity index (χ4v) is 5.96. The van der Waals surface area contributed by atoms with Gasteiger partial charge in [-0.25, -0.2) is 4.39 Å². The zero-order valence-electron chi connectivity index (χ0n) is 24.1. The van der Waals surface area contributed by atoms with E-state index in [4.69, 9.17) is 37.2 Å². The molecule has 1 amide bonds. The summed E-state index contributed by atoms with van der Waals surface area (Å²) in [5.74, 6) is -3.63. The van der Waals surface area contributed by atoms with Crippen molar-refractivity contribution in [3.05, 3.63) is 98.8 Å². The number of nitrogens with zero attached hydrogens (tertiary/aromatic N) is 1. The fourth-order valence-electron chi connectivity index (χ4n) is 5.71. The maximum absolute atomic E-state index is 16.5. The number of hydrogen-bond donors (Lipinski definition) is 1. The maximum atomic E-state index is 16.5. The number of carbonyl (C=O) groups is 2. The molecule has 0 bridgehead atoms. The average molecular weight is 614 g/mol. The molecular weight excluding hydrogens is 583 g/mol. The number of amides is 1. The zero-order valence-corrected chi connectivity index (χ0v) is 25.6. The molecule has 0 aromatic heterocycles. The summed E-state index contributed by atoms with van der Waals surface area (Å²) in [5.41, 5.74) is -2.09. The highest BCUT2D eigenvalue weighted by atomic mass is 35.5. The minimum absolute atomic E-state index is 0.00747. The molecule has 0 aliphatic carbocycles. The van der Waals surface area contributed by atoms with Crippen LogP contribution in [0, 0.1) is 11.7 Å². The SMILES string of the molecule is CO[C@]1(c2ccc(Cl)cc2)c2c(F)cc(B3OC(C)(C)C(C)(C)O3)cc2C(=O)N1C(c1ccc(Cl)cc1)C(C)C(=O)O. The molecule has 2 aliphatic rings. The van der Waals surface area contributed by atoms with Gasteiger partial charge in [-0.05, 0) is 82.0 Å². The van der Waals surface area contributed by atoms with Gasteiger partial charge in [0, 0.05) is 22.7 Å². The smallest absolute Gasteiger partial charge is 0.481 e. The topological polar surface area (TPSA) is 85.3 Å². The van der Waals surface area contributed by atoms with Gasteiger partial charge in [0.05, 0.1) is 34.3 Å². The molecule has 7 nitrogen and oxygen atoms in total. The Balaban J connectivity index is 1.78. The lowest BCUT2D eigenvalue weighted by molar-refractivity contribution is -0.149. The van der Waals surface area contributed by atoms with E-state index in [1.165, 1.54) is 31.1 Å². The quantitative estimate of drug-likeness (QED) is 0.320. The largest absolute Gasteiger partial charge is 0.494 e. The summed E-state index contributed by atoms with van der Waals surface area (Å²) in [6, 6.07) is 14.7. The van der Waals surface area contributed by atoms with Crippen LogP contribution in [0.25, 0.3) is 0 Å². The first kappa shape index (κ1) is 30.5. The van der Waals surface area contributed by atoms with Crippen LogP contribution in [0.15, 0.2) is 60.7 Å². The van der Waals surface area contributed by atoms with E-state index in [0.29, 0.717) is 26.6 Å². The van der Waals surface area contributed by atoms with Crippen LogP contribution in [-0.2, 0) is 24.6 Å². The normalized spacial score (nSPS) is 22.3. The number of methoxy groups -OCH3 is 1. The second-order valence-electron chi connectivity index (χ2n) is 11.7. The number of hydrogen-bond acceptors (Lipinski definition) is 5. The summed E-state index contributed by atoms with van der Waals surface area (Å²) < 4.78 is 35.0. The number of ether oxygens (including phenoxy) is 1. The van der Waals surface area contributed by atoms with Crippen LogP contribution < -0.4 is 5.46 Å². The van der Waals surface area contributed by atoms with Crippen LogP contribution in [0.4, 0.5) is 4.39 Å². The van der Waals surface area contributed by atoms with Crippen LogP contribution >= 0.6 is 23.2 Å². The van der Waals surface area contributed by atoms with Crippen LogP contribution in [0.2, 0.25) is 10.0 Å². The van der Waals surface area contributed by atoms with Crippen molar-refractivity contribution < 1.29 is 33.1 Å². The van der Waals surface area contributed by atoms with Crippen molar-refractivity contribution >= 4 is 47.7 Å². The molecule has 2 heterocycles. The van der Waals surface area contributed by atoms with E-state index in [9.17, 15) is 14.7 Å². The molecule has 220 valence electrons. The van der Waals surface area contributed by atoms with Crippen molar-refractivity contribution in [2.75, 3.05) is 7.11 Å². The van der Waals surface area contributed by atoms with Gasteiger partial charge in [0.1, 0.15) is 5.82 Å². The van der Waals surface area contributed by atoms with Crippen LogP contribution in [0.3, 0.4) is 0 Å². The molecule has 1 N–H and O–H groups in total. The van der Waals surface area contributed by atoms with Gasteiger partial charge in [-0.1, -0.05) is 47.5 Å². The highest BCUT2D eigenvalue weighted by Gasteiger charge is 2.59. The van der Waals surface area contributed by atoms with Crippen molar-refractivity contribution in [2.24, 2.45) is 5.92 Å². The van der Waals surface area contributed by atoms with Crippen LogP contribution in [-0.4, -0.2) is 47.3 Å². The third kappa shape index (κ3) is 4.72. The Bertz CT molecular complexity index is 1530. The van der Waals surface area contributed by atoms with Gasteiger partial charge in [-0.2, -0.15) is 0 Å². The minimum atomic E-state index is -1.84. The van der Waals surface area contributed by atoms with Crippen LogP contribution in [0.1, 0.15) is 67.7 Å². The molecule has 42 heavy (non-hydrogen) atoms. The molecule has 2 unspecified atom stereocenters. The molecule has 0 spiro atoms. The first-order valence-corrected chi connectivity index (χ1v) is 14.2. The van der Waals surface area contributed by atoms with Gasteiger partial charge in [-0.3, -0.25) is 14.5 Å². The molecule has 5 rings (SSSR count). The van der Waals surface area contributed by atoms with E-state index in [0.717, 1.165) is 0 Å². The average Bonchev–Trinajstić information content (AvgIpc) is 3.31. The number of fused-ring (bicyclic) bond motifs is 1. The Hall–Kier alpha value is -2.95. The van der Waals surface area contributed by atoms with Gasteiger partial charge >= 0.3 is 13.1 Å². The maximum Gasteiger partial charge on any atom is 0.494 e. The Kier molecular flexibility index (Phi) is 7.73. The summed E-state index contributed by atoms with van der Waals surface area (Å²) in [6.45, 7) is 9.01. The Labute approximate surface area is 254 Å². The second kappa shape index (κ2) is 10.6. The number of carbonyl (C=O) groups excluding carboxylic acids is 1. The van der Waals surface area contributed by atoms with Crippen LogP contribution in [0.5, 0.6) is 0 Å². The standard InChI is InChI=1S/C31H31BCl2FNO6/c1-17(28(38)39)26(18-7-11-21(33)12-8-18)36-27(37)23-15-20(32-41-29(2,3)30(4,5)42-32)16-24(35)25(23)31(36,40-6)19-9-13-22(34)14-10-19/h7-17,26H,1-6H3,(H,38,39)/t17?,26?,31-/m1/s1. The van der Waals surface area contributed by atoms with Gasteiger partial charge < -0.3 is 19.2 Å². The highest BCUT2D eigenvalue weighted by molar-refractivity contribution is 6.62. The number of carboxylic acid groups (broad SMARTS) is 1. The third-order valence-electron chi connectivity index (χ3n) is 8.65. The van der Waals surface area contributed by atoms with E-state index in [-0.39, 0.29) is 11.1 Å². The molecule has 3 atom stereocenters.